The molecule has 2 aliphatic heterocycles. The fraction of sp³-hybridized carbons (Fsp3) is 0.280. The maximum absolute atomic E-state index is 6.40. The molecule has 0 aliphatic carbocycles. The number of anilines is 6. The van der Waals surface area contributed by atoms with Gasteiger partial charge in [0, 0.05) is 76.0 Å². The fourth-order valence-corrected chi connectivity index (χ4v) is 15.8. The summed E-state index contributed by atoms with van der Waals surface area (Å²) in [4.78, 5) is 4.57. The van der Waals surface area contributed by atoms with Gasteiger partial charge in [-0.2, -0.15) is 0 Å². The number of halogens is 2. The minimum atomic E-state index is -0.435. The van der Waals surface area contributed by atoms with Crippen LogP contribution in [0.2, 0.25) is 0 Å². The average molecular weight is 1610 g/mol. The first-order valence-corrected chi connectivity index (χ1v) is 41.0. The van der Waals surface area contributed by atoms with Crippen molar-refractivity contribution in [3.05, 3.63) is 298 Å². The van der Waals surface area contributed by atoms with Crippen molar-refractivity contribution in [3.63, 3.8) is 0 Å². The third-order valence-corrected chi connectivity index (χ3v) is 24.7. The second kappa shape index (κ2) is 29.0. The molecule has 2 aliphatic rings. The molecule has 0 radical (unpaired) electrons. The van der Waals surface area contributed by atoms with Gasteiger partial charge in [-0.25, -0.2) is 0 Å². The van der Waals surface area contributed by atoms with E-state index in [1.165, 1.54) is 82.7 Å². The highest BCUT2D eigenvalue weighted by Crippen LogP contribution is 2.45. The van der Waals surface area contributed by atoms with Crippen molar-refractivity contribution in [2.24, 2.45) is 0 Å². The highest BCUT2D eigenvalue weighted by molar-refractivity contribution is 9.10. The number of benzene rings is 12. The van der Waals surface area contributed by atoms with E-state index in [2.05, 4.69) is 456 Å². The molecule has 16 rings (SSSR count). The summed E-state index contributed by atoms with van der Waals surface area (Å²) in [6.07, 6.45) is 0. The van der Waals surface area contributed by atoms with Crippen molar-refractivity contribution in [2.45, 2.75) is 183 Å². The minimum absolute atomic E-state index is 0.0537. The monoisotopic (exact) mass is 1600 g/mol. The van der Waals surface area contributed by atoms with E-state index in [4.69, 9.17) is 18.6 Å². The van der Waals surface area contributed by atoms with Crippen molar-refractivity contribution in [2.75, 3.05) is 9.80 Å². The molecule has 0 spiro atoms. The highest BCUT2D eigenvalue weighted by atomic mass is 79.9. The van der Waals surface area contributed by atoms with Crippen LogP contribution in [0.15, 0.2) is 276 Å². The molecule has 2 fully saturated rings. The Kier molecular flexibility index (Phi) is 20.2. The summed E-state index contributed by atoms with van der Waals surface area (Å²) in [5, 5.41) is 5.21. The van der Waals surface area contributed by atoms with Crippen LogP contribution in [-0.2, 0) is 40.3 Å². The molecule has 4 heterocycles. The maximum atomic E-state index is 6.40. The van der Waals surface area contributed by atoms with Gasteiger partial charge in [0.15, 0.2) is 0 Å². The Bertz CT molecular complexity index is 5500. The van der Waals surface area contributed by atoms with E-state index in [1.54, 1.807) is 0 Å². The van der Waals surface area contributed by atoms with E-state index >= 15 is 0 Å². The molecule has 0 atom stereocenters. The van der Waals surface area contributed by atoms with Crippen molar-refractivity contribution >= 4 is 135 Å². The van der Waals surface area contributed by atoms with Crippen molar-refractivity contribution in [3.8, 4) is 33.6 Å². The standard InChI is InChI=1S/C56H64B2N2O4.C44H40Br2N2/c1-51(2,3)39-19-33-49-47(35-39)48-36-40(52(4,5)6)20-34-50(48)60(49)46-27-17-38(18-28-46)37-15-25-43(26-16-37)59(44-29-21-41(22-30-44)57-61-53(7,8)54(9,10)62-57)45-31-23-42(24-32-45)58-63-55(11,12)56(13,14)64-58;1-43(2,3)31-11-25-41-39(27-31)40-28-32(44(4,5)6)12-26-42(40)48(41)38-19-9-30(10-20-38)29-7-17-35(18-8-29)47(36-21-13-33(45)14-22-36)37-23-15-34(46)16-24-37/h15-36H,1-14H3;7-28H,1-6H3. The van der Waals surface area contributed by atoms with Gasteiger partial charge in [0.2, 0.25) is 0 Å². The summed E-state index contributed by atoms with van der Waals surface area (Å²) < 4.78 is 32.6. The minimum Gasteiger partial charge on any atom is -0.399 e. The van der Waals surface area contributed by atoms with Crippen molar-refractivity contribution < 1.29 is 18.6 Å². The lowest BCUT2D eigenvalue weighted by Gasteiger charge is -2.32. The van der Waals surface area contributed by atoms with Gasteiger partial charge in [-0.3, -0.25) is 0 Å². The van der Waals surface area contributed by atoms with E-state index in [1.807, 2.05) is 0 Å². The second-order valence-corrected chi connectivity index (χ2v) is 38.6. The Labute approximate surface area is 681 Å². The predicted molar refractivity (Wildman–Crippen MR) is 483 cm³/mol. The fourth-order valence-electron chi connectivity index (χ4n) is 15.3. The molecule has 2 aromatic heterocycles. The molecule has 112 heavy (non-hydrogen) atoms. The molecule has 0 amide bonds. The lowest BCUT2D eigenvalue weighted by molar-refractivity contribution is 0.00578. The summed E-state index contributed by atoms with van der Waals surface area (Å²) >= 11 is 7.17. The Balaban J connectivity index is 0.000000185. The van der Waals surface area contributed by atoms with E-state index in [-0.39, 0.29) is 21.7 Å². The molecule has 568 valence electrons. The topological polar surface area (TPSA) is 53.3 Å². The summed E-state index contributed by atoms with van der Waals surface area (Å²) in [7, 11) is -0.870. The van der Waals surface area contributed by atoms with Crippen LogP contribution in [0.5, 0.6) is 0 Å². The number of rotatable bonds is 12. The van der Waals surface area contributed by atoms with Gasteiger partial charge in [-0.1, -0.05) is 212 Å². The molecule has 12 aromatic carbocycles. The third-order valence-electron chi connectivity index (χ3n) is 23.7. The van der Waals surface area contributed by atoms with Crippen LogP contribution in [0.4, 0.5) is 34.1 Å². The maximum Gasteiger partial charge on any atom is 0.494 e. The molecule has 0 N–H and O–H groups in total. The number of hydrogen-bond donors (Lipinski definition) is 0. The number of nitrogens with zero attached hydrogens (tertiary/aromatic N) is 4. The zero-order valence-electron chi connectivity index (χ0n) is 68.7. The second-order valence-electron chi connectivity index (χ2n) is 36.8. The Morgan fingerprint density at radius 1 is 0.259 bits per heavy atom. The smallest absolute Gasteiger partial charge is 0.399 e. The van der Waals surface area contributed by atoms with E-state index < -0.39 is 36.6 Å². The molecule has 12 heteroatoms. The summed E-state index contributed by atoms with van der Waals surface area (Å²) in [6.45, 7) is 44.2. The van der Waals surface area contributed by atoms with Crippen LogP contribution in [0.25, 0.3) is 77.2 Å². The summed E-state index contributed by atoms with van der Waals surface area (Å²) in [6, 6.07) is 97.7. The lowest BCUT2D eigenvalue weighted by atomic mass is 9.79. The molecule has 14 aromatic rings. The molecular weight excluding hydrogens is 1500 g/mol. The molecule has 0 bridgehead atoms. The average Bonchev–Trinajstić information content (AvgIpc) is 1.58. The zero-order valence-corrected chi connectivity index (χ0v) is 71.9. The van der Waals surface area contributed by atoms with E-state index in [0.29, 0.717) is 0 Å². The summed E-state index contributed by atoms with van der Waals surface area (Å²) in [5.41, 5.74) is 24.3. The predicted octanol–water partition coefficient (Wildman–Crippen LogP) is 27.2. The molecule has 0 saturated carbocycles. The van der Waals surface area contributed by atoms with Crippen LogP contribution in [0.1, 0.15) is 161 Å². The van der Waals surface area contributed by atoms with Crippen LogP contribution >= 0.6 is 31.9 Å². The van der Waals surface area contributed by atoms with Crippen LogP contribution in [0, 0.1) is 0 Å². The van der Waals surface area contributed by atoms with E-state index in [9.17, 15) is 0 Å². The molecule has 2 saturated heterocycles. The Morgan fingerprint density at radius 2 is 0.455 bits per heavy atom. The Morgan fingerprint density at radius 3 is 0.670 bits per heavy atom. The van der Waals surface area contributed by atoms with Gasteiger partial charge in [-0.15, -0.1) is 0 Å². The number of aromatic nitrogens is 2. The molecule has 8 nitrogen and oxygen atoms in total. The van der Waals surface area contributed by atoms with Crippen LogP contribution in [0.3, 0.4) is 0 Å². The first-order valence-electron chi connectivity index (χ1n) is 39.4. The van der Waals surface area contributed by atoms with Crippen LogP contribution < -0.4 is 20.7 Å². The van der Waals surface area contributed by atoms with Gasteiger partial charge in [-0.05, 0) is 302 Å². The first-order chi connectivity index (χ1) is 52.8. The normalized spacial score (nSPS) is 15.5. The van der Waals surface area contributed by atoms with Crippen molar-refractivity contribution in [1.29, 1.82) is 0 Å². The highest BCUT2D eigenvalue weighted by Gasteiger charge is 2.53. The van der Waals surface area contributed by atoms with E-state index in [0.717, 1.165) is 70.8 Å². The number of fused-ring (bicyclic) bond motifs is 6. The quantitative estimate of drug-likeness (QED) is 0.114. The van der Waals surface area contributed by atoms with Gasteiger partial charge in [0.1, 0.15) is 0 Å². The van der Waals surface area contributed by atoms with Crippen molar-refractivity contribution in [1.82, 2.24) is 9.13 Å². The van der Waals surface area contributed by atoms with Gasteiger partial charge >= 0.3 is 14.2 Å². The first kappa shape index (κ1) is 78.1. The Hall–Kier alpha value is -9.23. The SMILES string of the molecule is CC(C)(C)c1ccc2c(c1)c1cc(C(C)(C)C)ccc1n2-c1ccc(-c2ccc(N(c3ccc(B4OC(C)(C)C(C)(C)O4)cc3)c3ccc(B4OC(C)(C)C(C)(C)O4)cc3)cc2)cc1.CC(C)(C)c1ccc2c(c1)c1cc(C(C)(C)C)ccc1n2-c1ccc(-c2ccc(N(c3ccc(Br)cc3)c3ccc(Br)cc3)cc2)cc1. The van der Waals surface area contributed by atoms with Gasteiger partial charge < -0.3 is 37.6 Å². The largest absolute Gasteiger partial charge is 0.494 e. The van der Waals surface area contributed by atoms with Gasteiger partial charge in [0.25, 0.3) is 0 Å². The third kappa shape index (κ3) is 15.2. The zero-order chi connectivity index (χ0) is 79.6. The molecule has 0 unspecified atom stereocenters. The lowest BCUT2D eigenvalue weighted by Crippen LogP contribution is -2.41. The van der Waals surface area contributed by atoms with Gasteiger partial charge in [0.05, 0.1) is 44.5 Å². The number of hydrogen-bond acceptors (Lipinski definition) is 6. The molecular formula is C100H104B2Br2N4O4. The van der Waals surface area contributed by atoms with Crippen LogP contribution in [-0.4, -0.2) is 45.8 Å². The summed E-state index contributed by atoms with van der Waals surface area (Å²) in [5.74, 6) is 0.